The topological polar surface area (TPSA) is 43.1 Å². The summed E-state index contributed by atoms with van der Waals surface area (Å²) in [6.45, 7) is 9.10. The number of nitrogens with two attached hydrogens (primary N) is 1. The molecular formula is C14H25NO. The number of hydrogen-bond donors (Lipinski definition) is 1. The lowest BCUT2D eigenvalue weighted by molar-refractivity contribution is -0.118. The first-order valence-corrected chi connectivity index (χ1v) is 6.03. The number of rotatable bonds is 6. The van der Waals surface area contributed by atoms with Crippen LogP contribution in [0.3, 0.4) is 0 Å². The summed E-state index contributed by atoms with van der Waals surface area (Å²) in [4.78, 5) is 11.5. The van der Waals surface area contributed by atoms with Crippen molar-refractivity contribution >= 4 is 5.78 Å². The third kappa shape index (κ3) is 6.63. The van der Waals surface area contributed by atoms with E-state index < -0.39 is 0 Å². The third-order valence-electron chi connectivity index (χ3n) is 2.97. The highest BCUT2D eigenvalue weighted by Gasteiger charge is 2.23. The van der Waals surface area contributed by atoms with Crippen molar-refractivity contribution in [1.82, 2.24) is 0 Å². The molecule has 0 aliphatic rings. The molecule has 0 amide bonds. The second kappa shape index (κ2) is 7.46. The van der Waals surface area contributed by atoms with Crippen LogP contribution in [-0.2, 0) is 4.79 Å². The first-order chi connectivity index (χ1) is 7.41. The van der Waals surface area contributed by atoms with E-state index >= 15 is 0 Å². The van der Waals surface area contributed by atoms with E-state index in [1.165, 1.54) is 0 Å². The molecule has 16 heavy (non-hydrogen) atoms. The van der Waals surface area contributed by atoms with E-state index in [0.29, 0.717) is 25.3 Å². The van der Waals surface area contributed by atoms with Gasteiger partial charge < -0.3 is 5.73 Å². The molecule has 0 fully saturated rings. The maximum absolute atomic E-state index is 11.5. The van der Waals surface area contributed by atoms with Gasteiger partial charge in [0.25, 0.3) is 0 Å². The summed E-state index contributed by atoms with van der Waals surface area (Å²) >= 11 is 0. The fourth-order valence-electron chi connectivity index (χ4n) is 1.82. The van der Waals surface area contributed by atoms with Gasteiger partial charge in [-0.1, -0.05) is 26.7 Å². The SMILES string of the molecule is CC#CCC(=O)CCC(CCN)C(C)(C)C. The molecule has 2 N–H and O–H groups in total. The van der Waals surface area contributed by atoms with Gasteiger partial charge in [-0.25, -0.2) is 0 Å². The molecule has 0 aromatic heterocycles. The Labute approximate surface area is 100.0 Å². The molecule has 92 valence electrons. The molecule has 0 radical (unpaired) electrons. The summed E-state index contributed by atoms with van der Waals surface area (Å²) in [6, 6.07) is 0. The van der Waals surface area contributed by atoms with Gasteiger partial charge in [0.2, 0.25) is 0 Å². The van der Waals surface area contributed by atoms with Crippen molar-refractivity contribution in [3.05, 3.63) is 0 Å². The van der Waals surface area contributed by atoms with Crippen LogP contribution in [0.25, 0.3) is 0 Å². The molecule has 1 unspecified atom stereocenters. The fourth-order valence-corrected chi connectivity index (χ4v) is 1.82. The van der Waals surface area contributed by atoms with Gasteiger partial charge in [0.15, 0.2) is 0 Å². The van der Waals surface area contributed by atoms with E-state index in [0.717, 1.165) is 12.8 Å². The van der Waals surface area contributed by atoms with Gasteiger partial charge in [-0.05, 0) is 37.6 Å². The van der Waals surface area contributed by atoms with Crippen molar-refractivity contribution in [2.45, 2.75) is 53.4 Å². The average molecular weight is 223 g/mol. The maximum atomic E-state index is 11.5. The molecule has 0 bridgehead atoms. The van der Waals surface area contributed by atoms with E-state index in [2.05, 4.69) is 32.6 Å². The van der Waals surface area contributed by atoms with E-state index in [4.69, 9.17) is 5.73 Å². The Hall–Kier alpha value is -0.810. The Morgan fingerprint density at radius 1 is 1.31 bits per heavy atom. The van der Waals surface area contributed by atoms with Crippen LogP contribution in [0.15, 0.2) is 0 Å². The zero-order chi connectivity index (χ0) is 12.6. The summed E-state index contributed by atoms with van der Waals surface area (Å²) in [6.07, 6.45) is 2.97. The van der Waals surface area contributed by atoms with Crippen molar-refractivity contribution < 1.29 is 4.79 Å². The number of carbonyl (C=O) groups is 1. The van der Waals surface area contributed by atoms with Gasteiger partial charge in [-0.2, -0.15) is 0 Å². The van der Waals surface area contributed by atoms with Crippen LogP contribution in [0, 0.1) is 23.2 Å². The molecule has 2 nitrogen and oxygen atoms in total. The molecule has 1 atom stereocenters. The monoisotopic (exact) mass is 223 g/mol. The quantitative estimate of drug-likeness (QED) is 0.704. The lowest BCUT2D eigenvalue weighted by atomic mass is 9.76. The van der Waals surface area contributed by atoms with Crippen molar-refractivity contribution in [3.8, 4) is 11.8 Å². The number of ketones is 1. The number of hydrogen-bond acceptors (Lipinski definition) is 2. The highest BCUT2D eigenvalue weighted by atomic mass is 16.1. The van der Waals surface area contributed by atoms with Gasteiger partial charge in [0.05, 0.1) is 6.42 Å². The predicted molar refractivity (Wildman–Crippen MR) is 68.9 cm³/mol. The molecule has 0 aliphatic heterocycles. The van der Waals surface area contributed by atoms with Crippen molar-refractivity contribution in [1.29, 1.82) is 0 Å². The van der Waals surface area contributed by atoms with E-state index in [9.17, 15) is 4.79 Å². The fraction of sp³-hybridized carbons (Fsp3) is 0.786. The van der Waals surface area contributed by atoms with Crippen LogP contribution in [0.4, 0.5) is 0 Å². The molecule has 0 saturated heterocycles. The highest BCUT2D eigenvalue weighted by molar-refractivity contribution is 5.80. The largest absolute Gasteiger partial charge is 0.330 e. The number of Topliss-reactive ketones (excluding diaryl/α,β-unsaturated/α-hetero) is 1. The van der Waals surface area contributed by atoms with Crippen molar-refractivity contribution in [3.63, 3.8) is 0 Å². The molecule has 0 aromatic rings. The summed E-state index contributed by atoms with van der Waals surface area (Å²) in [5.41, 5.74) is 5.84. The van der Waals surface area contributed by atoms with E-state index in [-0.39, 0.29) is 11.2 Å². The molecule has 0 aromatic carbocycles. The Morgan fingerprint density at radius 2 is 1.94 bits per heavy atom. The smallest absolute Gasteiger partial charge is 0.144 e. The maximum Gasteiger partial charge on any atom is 0.144 e. The van der Waals surface area contributed by atoms with E-state index in [1.54, 1.807) is 6.92 Å². The summed E-state index contributed by atoms with van der Waals surface area (Å²) in [7, 11) is 0. The van der Waals surface area contributed by atoms with Crippen LogP contribution in [0.5, 0.6) is 0 Å². The minimum absolute atomic E-state index is 0.232. The summed E-state index contributed by atoms with van der Waals surface area (Å²) < 4.78 is 0. The molecule has 2 heteroatoms. The minimum Gasteiger partial charge on any atom is -0.330 e. The first-order valence-electron chi connectivity index (χ1n) is 6.03. The zero-order valence-electron chi connectivity index (χ0n) is 11.1. The number of carbonyl (C=O) groups excluding carboxylic acids is 1. The lowest BCUT2D eigenvalue weighted by Crippen LogP contribution is -2.24. The summed E-state index contributed by atoms with van der Waals surface area (Å²) in [5.74, 6) is 6.34. The molecule has 0 aliphatic carbocycles. The van der Waals surface area contributed by atoms with Gasteiger partial charge in [0.1, 0.15) is 5.78 Å². The Balaban J connectivity index is 4.10. The Kier molecular flexibility index (Phi) is 7.08. The molecule has 0 spiro atoms. The zero-order valence-corrected chi connectivity index (χ0v) is 11.1. The normalized spacial score (nSPS) is 12.8. The Bertz CT molecular complexity index is 265. The molecule has 0 rings (SSSR count). The van der Waals surface area contributed by atoms with E-state index in [1.807, 2.05) is 0 Å². The molecular weight excluding hydrogens is 198 g/mol. The van der Waals surface area contributed by atoms with Crippen molar-refractivity contribution in [2.24, 2.45) is 17.1 Å². The van der Waals surface area contributed by atoms with Gasteiger partial charge >= 0.3 is 0 Å². The van der Waals surface area contributed by atoms with Crippen LogP contribution < -0.4 is 5.73 Å². The standard InChI is InChI=1S/C14H25NO/c1-5-6-7-13(16)9-8-12(10-11-15)14(2,3)4/h12H,7-11,15H2,1-4H3. The van der Waals surface area contributed by atoms with Crippen LogP contribution in [-0.4, -0.2) is 12.3 Å². The van der Waals surface area contributed by atoms with Gasteiger partial charge in [0, 0.05) is 6.42 Å². The minimum atomic E-state index is 0.232. The van der Waals surface area contributed by atoms with Gasteiger partial charge in [-0.15, -0.1) is 5.92 Å². The molecule has 0 saturated carbocycles. The first kappa shape index (κ1) is 15.2. The average Bonchev–Trinajstić information content (AvgIpc) is 2.19. The molecule has 0 heterocycles. The van der Waals surface area contributed by atoms with Crippen molar-refractivity contribution in [2.75, 3.05) is 6.54 Å². The van der Waals surface area contributed by atoms with Crippen LogP contribution in [0.1, 0.15) is 53.4 Å². The van der Waals surface area contributed by atoms with Crippen LogP contribution >= 0.6 is 0 Å². The second-order valence-corrected chi connectivity index (χ2v) is 5.32. The lowest BCUT2D eigenvalue weighted by Gasteiger charge is -2.30. The second-order valence-electron chi connectivity index (χ2n) is 5.32. The highest BCUT2D eigenvalue weighted by Crippen LogP contribution is 2.32. The third-order valence-corrected chi connectivity index (χ3v) is 2.97. The summed E-state index contributed by atoms with van der Waals surface area (Å²) in [5, 5.41) is 0. The van der Waals surface area contributed by atoms with Crippen LogP contribution in [0.2, 0.25) is 0 Å². The Morgan fingerprint density at radius 3 is 2.38 bits per heavy atom. The predicted octanol–water partition coefficient (Wildman–Crippen LogP) is 2.76. The van der Waals surface area contributed by atoms with Gasteiger partial charge in [-0.3, -0.25) is 4.79 Å².